The Morgan fingerprint density at radius 2 is 2.00 bits per heavy atom. The lowest BCUT2D eigenvalue weighted by atomic mass is 10.1. The van der Waals surface area contributed by atoms with Crippen LogP contribution in [0.25, 0.3) is 0 Å². The standard InChI is InChI=1S/C16H17FN2O2/c1-21-15-10-12(17)7-8-14(15)19-16(20)13(18)9-11-5-3-2-4-6-11/h2-8,10,13H,9,18H2,1H3,(H,19,20). The average molecular weight is 288 g/mol. The molecule has 0 heterocycles. The third-order valence-electron chi connectivity index (χ3n) is 3.06. The predicted molar refractivity (Wildman–Crippen MR) is 79.7 cm³/mol. The van der Waals surface area contributed by atoms with Gasteiger partial charge in [0.25, 0.3) is 0 Å². The summed E-state index contributed by atoms with van der Waals surface area (Å²) in [5.41, 5.74) is 7.27. The fourth-order valence-corrected chi connectivity index (χ4v) is 1.95. The van der Waals surface area contributed by atoms with Gasteiger partial charge in [0, 0.05) is 6.07 Å². The molecule has 3 N–H and O–H groups in total. The van der Waals surface area contributed by atoms with Gasteiger partial charge >= 0.3 is 0 Å². The normalized spacial score (nSPS) is 11.8. The molecule has 1 unspecified atom stereocenters. The molecule has 110 valence electrons. The zero-order valence-corrected chi connectivity index (χ0v) is 11.7. The van der Waals surface area contributed by atoms with Gasteiger partial charge in [-0.15, -0.1) is 0 Å². The number of benzene rings is 2. The number of ether oxygens (including phenoxy) is 1. The zero-order chi connectivity index (χ0) is 15.2. The summed E-state index contributed by atoms with van der Waals surface area (Å²) in [6.45, 7) is 0. The van der Waals surface area contributed by atoms with Crippen LogP contribution in [0.4, 0.5) is 10.1 Å². The van der Waals surface area contributed by atoms with Gasteiger partial charge in [-0.3, -0.25) is 4.79 Å². The summed E-state index contributed by atoms with van der Waals surface area (Å²) in [4.78, 5) is 12.1. The second kappa shape index (κ2) is 6.85. The largest absolute Gasteiger partial charge is 0.494 e. The Morgan fingerprint density at radius 1 is 1.29 bits per heavy atom. The van der Waals surface area contributed by atoms with Crippen molar-refractivity contribution >= 4 is 11.6 Å². The van der Waals surface area contributed by atoms with Crippen molar-refractivity contribution in [3.8, 4) is 5.75 Å². The predicted octanol–water partition coefficient (Wildman–Crippen LogP) is 2.34. The topological polar surface area (TPSA) is 64.3 Å². The van der Waals surface area contributed by atoms with Gasteiger partial charge in [0.15, 0.2) is 0 Å². The lowest BCUT2D eigenvalue weighted by Crippen LogP contribution is -2.37. The van der Waals surface area contributed by atoms with E-state index in [2.05, 4.69) is 5.32 Å². The Hall–Kier alpha value is -2.40. The number of rotatable bonds is 5. The maximum Gasteiger partial charge on any atom is 0.241 e. The summed E-state index contributed by atoms with van der Waals surface area (Å²) in [6, 6.07) is 12.7. The fraction of sp³-hybridized carbons (Fsp3) is 0.188. The summed E-state index contributed by atoms with van der Waals surface area (Å²) in [7, 11) is 1.41. The molecule has 0 aliphatic rings. The molecule has 0 fully saturated rings. The van der Waals surface area contributed by atoms with Crippen LogP contribution in [0.2, 0.25) is 0 Å². The lowest BCUT2D eigenvalue weighted by molar-refractivity contribution is -0.117. The van der Waals surface area contributed by atoms with Crippen LogP contribution in [-0.4, -0.2) is 19.1 Å². The average Bonchev–Trinajstić information content (AvgIpc) is 2.49. The number of methoxy groups -OCH3 is 1. The summed E-state index contributed by atoms with van der Waals surface area (Å²) >= 11 is 0. The molecule has 0 aliphatic carbocycles. The Kier molecular flexibility index (Phi) is 4.90. The molecule has 1 atom stereocenters. The molecule has 2 rings (SSSR count). The molecule has 2 aromatic rings. The molecule has 0 radical (unpaired) electrons. The fourth-order valence-electron chi connectivity index (χ4n) is 1.95. The van der Waals surface area contributed by atoms with Crippen molar-refractivity contribution in [3.63, 3.8) is 0 Å². The maximum absolute atomic E-state index is 13.1. The van der Waals surface area contributed by atoms with E-state index in [4.69, 9.17) is 10.5 Å². The quantitative estimate of drug-likeness (QED) is 0.887. The summed E-state index contributed by atoms with van der Waals surface area (Å²) in [5, 5.41) is 2.65. The number of carbonyl (C=O) groups excluding carboxylic acids is 1. The molecule has 0 saturated heterocycles. The first kappa shape index (κ1) is 15.0. The minimum Gasteiger partial charge on any atom is -0.494 e. The molecular formula is C16H17FN2O2. The molecule has 2 aromatic carbocycles. The number of nitrogens with one attached hydrogen (secondary N) is 1. The van der Waals surface area contributed by atoms with E-state index in [-0.39, 0.29) is 11.7 Å². The smallest absolute Gasteiger partial charge is 0.241 e. The molecule has 4 nitrogen and oxygen atoms in total. The van der Waals surface area contributed by atoms with Crippen molar-refractivity contribution in [2.45, 2.75) is 12.5 Å². The van der Waals surface area contributed by atoms with E-state index in [0.29, 0.717) is 12.1 Å². The Bertz CT molecular complexity index is 617. The van der Waals surface area contributed by atoms with Gasteiger partial charge in [-0.25, -0.2) is 4.39 Å². The molecule has 0 bridgehead atoms. The van der Waals surface area contributed by atoms with Gasteiger partial charge in [0.1, 0.15) is 11.6 Å². The van der Waals surface area contributed by atoms with Crippen molar-refractivity contribution in [1.82, 2.24) is 0 Å². The second-order valence-electron chi connectivity index (χ2n) is 4.63. The number of nitrogens with two attached hydrogens (primary N) is 1. The number of hydrogen-bond acceptors (Lipinski definition) is 3. The molecular weight excluding hydrogens is 271 g/mol. The van der Waals surface area contributed by atoms with Gasteiger partial charge < -0.3 is 15.8 Å². The van der Waals surface area contributed by atoms with Crippen LogP contribution in [0.5, 0.6) is 5.75 Å². The van der Waals surface area contributed by atoms with E-state index in [0.717, 1.165) is 5.56 Å². The van der Waals surface area contributed by atoms with Gasteiger partial charge in [-0.1, -0.05) is 30.3 Å². The molecule has 1 amide bonds. The molecule has 21 heavy (non-hydrogen) atoms. The number of hydrogen-bond donors (Lipinski definition) is 2. The molecule has 0 spiro atoms. The van der Waals surface area contributed by atoms with Gasteiger partial charge in [-0.2, -0.15) is 0 Å². The number of anilines is 1. The van der Waals surface area contributed by atoms with Gasteiger partial charge in [0.2, 0.25) is 5.91 Å². The maximum atomic E-state index is 13.1. The number of carbonyl (C=O) groups is 1. The van der Waals surface area contributed by atoms with Crippen LogP contribution in [0.1, 0.15) is 5.56 Å². The third kappa shape index (κ3) is 4.03. The van der Waals surface area contributed by atoms with E-state index in [9.17, 15) is 9.18 Å². The third-order valence-corrected chi connectivity index (χ3v) is 3.06. The van der Waals surface area contributed by atoms with Crippen molar-refractivity contribution in [2.24, 2.45) is 5.73 Å². The van der Waals surface area contributed by atoms with E-state index >= 15 is 0 Å². The minimum absolute atomic E-state index is 0.260. The lowest BCUT2D eigenvalue weighted by Gasteiger charge is -2.14. The first-order valence-electron chi connectivity index (χ1n) is 6.54. The van der Waals surface area contributed by atoms with Gasteiger partial charge in [-0.05, 0) is 24.1 Å². The van der Waals surface area contributed by atoms with Crippen molar-refractivity contribution in [3.05, 3.63) is 59.9 Å². The summed E-state index contributed by atoms with van der Waals surface area (Å²) in [5.74, 6) is -0.516. The Labute approximate surface area is 122 Å². The molecule has 0 saturated carbocycles. The molecule has 0 aromatic heterocycles. The van der Waals surface area contributed by atoms with Crippen LogP contribution < -0.4 is 15.8 Å². The monoisotopic (exact) mass is 288 g/mol. The first-order valence-corrected chi connectivity index (χ1v) is 6.54. The Morgan fingerprint density at radius 3 is 2.67 bits per heavy atom. The van der Waals surface area contributed by atoms with Crippen LogP contribution in [0.3, 0.4) is 0 Å². The summed E-state index contributed by atoms with van der Waals surface area (Å²) < 4.78 is 18.1. The highest BCUT2D eigenvalue weighted by Crippen LogP contribution is 2.25. The molecule has 0 aliphatic heterocycles. The first-order chi connectivity index (χ1) is 10.1. The SMILES string of the molecule is COc1cc(F)ccc1NC(=O)C(N)Cc1ccccc1. The van der Waals surface area contributed by atoms with E-state index < -0.39 is 11.9 Å². The number of halogens is 1. The number of amides is 1. The van der Waals surface area contributed by atoms with Crippen molar-refractivity contribution in [1.29, 1.82) is 0 Å². The van der Waals surface area contributed by atoms with Crippen LogP contribution in [0, 0.1) is 5.82 Å². The highest BCUT2D eigenvalue weighted by Gasteiger charge is 2.16. The minimum atomic E-state index is -0.692. The second-order valence-corrected chi connectivity index (χ2v) is 4.63. The van der Waals surface area contributed by atoms with E-state index in [1.807, 2.05) is 30.3 Å². The van der Waals surface area contributed by atoms with Crippen LogP contribution in [0.15, 0.2) is 48.5 Å². The van der Waals surface area contributed by atoms with E-state index in [1.54, 1.807) is 0 Å². The van der Waals surface area contributed by atoms with E-state index in [1.165, 1.54) is 25.3 Å². The van der Waals surface area contributed by atoms with Crippen LogP contribution >= 0.6 is 0 Å². The summed E-state index contributed by atoms with van der Waals surface area (Å²) in [6.07, 6.45) is 0.427. The van der Waals surface area contributed by atoms with Crippen molar-refractivity contribution in [2.75, 3.05) is 12.4 Å². The van der Waals surface area contributed by atoms with Crippen LogP contribution in [-0.2, 0) is 11.2 Å². The highest BCUT2D eigenvalue weighted by molar-refractivity contribution is 5.96. The highest BCUT2D eigenvalue weighted by atomic mass is 19.1. The zero-order valence-electron chi connectivity index (χ0n) is 11.7. The Balaban J connectivity index is 2.04. The van der Waals surface area contributed by atoms with Gasteiger partial charge in [0.05, 0.1) is 18.8 Å². The van der Waals surface area contributed by atoms with Crippen molar-refractivity contribution < 1.29 is 13.9 Å². The molecule has 5 heteroatoms.